The number of aromatic nitrogens is 1. The van der Waals surface area contributed by atoms with Crippen molar-refractivity contribution in [2.45, 2.75) is 19.8 Å². The van der Waals surface area contributed by atoms with E-state index in [9.17, 15) is 27.5 Å². The number of anilines is 2. The highest BCUT2D eigenvalue weighted by molar-refractivity contribution is 7.09. The molecule has 0 radical (unpaired) electrons. The number of carboxylic acids is 1. The second kappa shape index (κ2) is 9.51. The van der Waals surface area contributed by atoms with Crippen molar-refractivity contribution >= 4 is 28.7 Å². The maximum Gasteiger partial charge on any atom is 0.387 e. The summed E-state index contributed by atoms with van der Waals surface area (Å²) >= 11 is 1.29. The lowest BCUT2D eigenvalue weighted by Gasteiger charge is -2.26. The van der Waals surface area contributed by atoms with Crippen molar-refractivity contribution in [1.82, 2.24) is 4.98 Å². The number of rotatable bonds is 9. The fraction of sp³-hybridized carbons (Fsp3) is 0.158. The summed E-state index contributed by atoms with van der Waals surface area (Å²) in [6, 6.07) is 7.22. The Labute approximate surface area is 176 Å². The molecular formula is C19H14F4N2O5S. The Morgan fingerprint density at radius 2 is 1.68 bits per heavy atom. The number of nitrogens with zero attached hydrogens (tertiary/aromatic N) is 2. The van der Waals surface area contributed by atoms with Gasteiger partial charge >= 0.3 is 19.2 Å². The Balaban J connectivity index is 2.06. The van der Waals surface area contributed by atoms with Gasteiger partial charge in [0, 0.05) is 34.6 Å². The van der Waals surface area contributed by atoms with Gasteiger partial charge in [0.15, 0.2) is 11.5 Å². The second-order valence-corrected chi connectivity index (χ2v) is 6.92. The average Bonchev–Trinajstić information content (AvgIpc) is 3.19. The zero-order valence-electron chi connectivity index (χ0n) is 15.4. The van der Waals surface area contributed by atoms with Gasteiger partial charge in [-0.05, 0) is 24.3 Å². The van der Waals surface area contributed by atoms with Gasteiger partial charge in [-0.15, -0.1) is 11.3 Å². The Hall–Kier alpha value is -3.54. The molecule has 31 heavy (non-hydrogen) atoms. The van der Waals surface area contributed by atoms with E-state index in [-0.39, 0.29) is 17.8 Å². The molecule has 3 aromatic rings. The van der Waals surface area contributed by atoms with Crippen LogP contribution in [0, 0.1) is 0 Å². The fourth-order valence-corrected chi connectivity index (χ4v) is 3.30. The summed E-state index contributed by atoms with van der Waals surface area (Å²) in [7, 11) is 0. The average molecular weight is 458 g/mol. The van der Waals surface area contributed by atoms with Gasteiger partial charge < -0.3 is 24.6 Å². The molecule has 0 saturated heterocycles. The first-order chi connectivity index (χ1) is 14.7. The van der Waals surface area contributed by atoms with Crippen LogP contribution >= 0.6 is 11.3 Å². The minimum absolute atomic E-state index is 0.152. The Bertz CT molecular complexity index is 1050. The maximum absolute atomic E-state index is 12.8. The van der Waals surface area contributed by atoms with Gasteiger partial charge in [-0.25, -0.2) is 4.79 Å². The monoisotopic (exact) mass is 458 g/mol. The van der Waals surface area contributed by atoms with Crippen molar-refractivity contribution in [3.63, 3.8) is 0 Å². The molecule has 0 amide bonds. The van der Waals surface area contributed by atoms with Crippen LogP contribution in [-0.2, 0) is 6.54 Å². The molecule has 3 rings (SSSR count). The third-order valence-corrected chi connectivity index (χ3v) is 4.76. The lowest BCUT2D eigenvalue weighted by Crippen LogP contribution is -2.17. The lowest BCUT2D eigenvalue weighted by molar-refractivity contribution is -0.0692. The third kappa shape index (κ3) is 5.54. The van der Waals surface area contributed by atoms with E-state index in [0.717, 1.165) is 17.0 Å². The molecule has 0 aliphatic carbocycles. The SMILES string of the molecule is O=C(O)c1ccc(N(Cc2cncs2)c2ccc(OC(F)F)c(OC(F)F)c2)cc1O. The van der Waals surface area contributed by atoms with Gasteiger partial charge in [0.25, 0.3) is 0 Å². The molecule has 7 nitrogen and oxygen atoms in total. The zero-order chi connectivity index (χ0) is 22.5. The number of benzene rings is 2. The number of hydrogen-bond donors (Lipinski definition) is 2. The molecule has 0 aliphatic heterocycles. The number of aromatic hydroxyl groups is 1. The molecule has 164 valence electrons. The largest absolute Gasteiger partial charge is 0.507 e. The Morgan fingerprint density at radius 3 is 2.26 bits per heavy atom. The fourth-order valence-electron chi connectivity index (χ4n) is 2.72. The predicted molar refractivity (Wildman–Crippen MR) is 103 cm³/mol. The van der Waals surface area contributed by atoms with E-state index < -0.39 is 36.4 Å². The number of ether oxygens (including phenoxy) is 2. The lowest BCUT2D eigenvalue weighted by atomic mass is 10.1. The number of halogens is 4. The number of phenols is 1. The first kappa shape index (κ1) is 22.2. The van der Waals surface area contributed by atoms with Crippen LogP contribution in [0.4, 0.5) is 28.9 Å². The van der Waals surface area contributed by atoms with E-state index in [1.54, 1.807) is 11.7 Å². The first-order valence-electron chi connectivity index (χ1n) is 8.49. The van der Waals surface area contributed by atoms with E-state index in [2.05, 4.69) is 14.5 Å². The molecule has 1 aromatic heterocycles. The number of alkyl halides is 4. The van der Waals surface area contributed by atoms with Crippen molar-refractivity contribution in [2.75, 3.05) is 4.90 Å². The van der Waals surface area contributed by atoms with E-state index in [1.165, 1.54) is 40.5 Å². The van der Waals surface area contributed by atoms with Crippen LogP contribution in [0.1, 0.15) is 15.2 Å². The van der Waals surface area contributed by atoms with Gasteiger partial charge in [-0.2, -0.15) is 17.6 Å². The number of hydrogen-bond acceptors (Lipinski definition) is 7. The highest BCUT2D eigenvalue weighted by atomic mass is 32.1. The Kier molecular flexibility index (Phi) is 6.80. The van der Waals surface area contributed by atoms with Gasteiger partial charge in [0.1, 0.15) is 11.3 Å². The van der Waals surface area contributed by atoms with Crippen LogP contribution in [-0.4, -0.2) is 34.4 Å². The smallest absolute Gasteiger partial charge is 0.387 e. The summed E-state index contributed by atoms with van der Waals surface area (Å²) in [5.74, 6) is -3.05. The number of carboxylic acid groups (broad SMARTS) is 1. The van der Waals surface area contributed by atoms with Gasteiger partial charge in [0.05, 0.1) is 12.1 Å². The number of carbonyl (C=O) groups is 1. The highest BCUT2D eigenvalue weighted by Gasteiger charge is 2.20. The van der Waals surface area contributed by atoms with Crippen molar-refractivity contribution in [2.24, 2.45) is 0 Å². The first-order valence-corrected chi connectivity index (χ1v) is 9.37. The van der Waals surface area contributed by atoms with Crippen molar-refractivity contribution in [3.05, 3.63) is 58.5 Å². The third-order valence-electron chi connectivity index (χ3n) is 3.99. The molecule has 0 spiro atoms. The van der Waals surface area contributed by atoms with Crippen molar-refractivity contribution in [1.29, 1.82) is 0 Å². The minimum atomic E-state index is -3.29. The van der Waals surface area contributed by atoms with E-state index in [1.807, 2.05) is 0 Å². The van der Waals surface area contributed by atoms with Crippen LogP contribution in [0.15, 0.2) is 48.1 Å². The van der Waals surface area contributed by atoms with Crippen molar-refractivity contribution < 1.29 is 42.0 Å². The summed E-state index contributed by atoms with van der Waals surface area (Å²) < 4.78 is 59.4. The van der Waals surface area contributed by atoms with Crippen LogP contribution in [0.5, 0.6) is 17.2 Å². The zero-order valence-corrected chi connectivity index (χ0v) is 16.2. The van der Waals surface area contributed by atoms with E-state index in [0.29, 0.717) is 5.69 Å². The molecule has 12 heteroatoms. The summed E-state index contributed by atoms with van der Waals surface area (Å²) in [6.07, 6.45) is 1.56. The summed E-state index contributed by atoms with van der Waals surface area (Å²) in [5.41, 5.74) is 1.78. The molecule has 1 heterocycles. The van der Waals surface area contributed by atoms with Crippen molar-refractivity contribution in [3.8, 4) is 17.2 Å². The van der Waals surface area contributed by atoms with Gasteiger partial charge in [0.2, 0.25) is 0 Å². The molecule has 2 N–H and O–H groups in total. The second-order valence-electron chi connectivity index (χ2n) is 5.95. The molecule has 0 bridgehead atoms. The molecule has 0 aliphatic rings. The van der Waals surface area contributed by atoms with Crippen LogP contribution in [0.25, 0.3) is 0 Å². The Morgan fingerprint density at radius 1 is 1.03 bits per heavy atom. The van der Waals surface area contributed by atoms with Gasteiger partial charge in [-0.1, -0.05) is 0 Å². The quantitative estimate of drug-likeness (QED) is 0.432. The minimum Gasteiger partial charge on any atom is -0.507 e. The highest BCUT2D eigenvalue weighted by Crippen LogP contribution is 2.38. The molecule has 0 unspecified atom stereocenters. The molecule has 0 atom stereocenters. The van der Waals surface area contributed by atoms with Crippen LogP contribution < -0.4 is 14.4 Å². The summed E-state index contributed by atoms with van der Waals surface area (Å²) in [5, 5.41) is 19.2. The molecular weight excluding hydrogens is 444 g/mol. The van der Waals surface area contributed by atoms with E-state index >= 15 is 0 Å². The predicted octanol–water partition coefficient (Wildman–Crippen LogP) is 5.09. The molecule has 2 aromatic carbocycles. The summed E-state index contributed by atoms with van der Waals surface area (Å²) in [6.45, 7) is -6.39. The van der Waals surface area contributed by atoms with E-state index in [4.69, 9.17) is 5.11 Å². The molecule has 0 saturated carbocycles. The standard InChI is InChI=1S/C19H14F4N2O5S/c20-18(21)29-15-4-2-11(6-16(15)30-19(22)23)25(8-12-7-24-9-31-12)10-1-3-13(17(27)28)14(26)5-10/h1-7,9,18-19,26H,8H2,(H,27,28). The topological polar surface area (TPSA) is 92.1 Å². The van der Waals surface area contributed by atoms with Crippen LogP contribution in [0.2, 0.25) is 0 Å². The number of thiazole rings is 1. The summed E-state index contributed by atoms with van der Waals surface area (Å²) in [4.78, 5) is 17.4. The maximum atomic E-state index is 12.8. The molecule has 0 fully saturated rings. The number of aromatic carboxylic acids is 1. The van der Waals surface area contributed by atoms with Crippen LogP contribution in [0.3, 0.4) is 0 Å². The van der Waals surface area contributed by atoms with Gasteiger partial charge in [-0.3, -0.25) is 4.98 Å². The normalized spacial score (nSPS) is 11.0.